The maximum Gasteiger partial charge on any atom is 0.224 e. The second-order valence-electron chi connectivity index (χ2n) is 8.88. The molecule has 0 saturated heterocycles. The molecule has 0 saturated carbocycles. The van der Waals surface area contributed by atoms with E-state index < -0.39 is 6.10 Å². The van der Waals surface area contributed by atoms with Gasteiger partial charge in [-0.15, -0.1) is 0 Å². The number of carbonyl (C=O) groups is 1. The molecule has 8 nitrogen and oxygen atoms in total. The minimum Gasteiger partial charge on any atom is -0.504 e. The quantitative estimate of drug-likeness (QED) is 0.248. The summed E-state index contributed by atoms with van der Waals surface area (Å²) in [6, 6.07) is 16.8. The van der Waals surface area contributed by atoms with Gasteiger partial charge >= 0.3 is 0 Å². The van der Waals surface area contributed by atoms with Crippen molar-refractivity contribution in [3.63, 3.8) is 0 Å². The number of anilines is 1. The van der Waals surface area contributed by atoms with Crippen LogP contribution in [0.3, 0.4) is 0 Å². The van der Waals surface area contributed by atoms with E-state index in [0.717, 1.165) is 28.7 Å². The van der Waals surface area contributed by atoms with Crippen LogP contribution < -0.4 is 21.1 Å². The van der Waals surface area contributed by atoms with Crippen molar-refractivity contribution in [2.45, 2.75) is 45.3 Å². The molecule has 1 amide bonds. The first-order chi connectivity index (χ1) is 17.3. The monoisotopic (exact) mass is 492 g/mol. The molecule has 2 atom stereocenters. The molecule has 0 aliphatic heterocycles. The number of benzene rings is 2. The largest absolute Gasteiger partial charge is 0.504 e. The number of carbonyl (C=O) groups excluding carboxylic acids is 1. The van der Waals surface area contributed by atoms with Gasteiger partial charge in [0.15, 0.2) is 11.5 Å². The lowest BCUT2D eigenvalue weighted by molar-refractivity contribution is -0.120. The van der Waals surface area contributed by atoms with E-state index in [-0.39, 0.29) is 17.7 Å². The van der Waals surface area contributed by atoms with Crippen LogP contribution in [0.2, 0.25) is 0 Å². The number of rotatable bonds is 13. The van der Waals surface area contributed by atoms with Gasteiger partial charge in [-0.25, -0.2) is 4.98 Å². The number of ether oxygens (including phenoxy) is 1. The Morgan fingerprint density at radius 2 is 1.92 bits per heavy atom. The van der Waals surface area contributed by atoms with E-state index in [2.05, 4.69) is 22.5 Å². The second-order valence-corrected chi connectivity index (χ2v) is 8.88. The summed E-state index contributed by atoms with van der Waals surface area (Å²) in [6.45, 7) is 5.31. The fourth-order valence-electron chi connectivity index (χ4n) is 3.92. The fraction of sp³-hybridized carbons (Fsp3) is 0.357. The maximum absolute atomic E-state index is 12.5. The average molecular weight is 493 g/mol. The number of nitrogen functional groups attached to an aromatic ring is 1. The predicted octanol–water partition coefficient (Wildman–Crippen LogP) is 2.92. The molecule has 8 heteroatoms. The Hall–Kier alpha value is -3.62. The molecule has 1 heterocycles. The lowest BCUT2D eigenvalue weighted by Crippen LogP contribution is -2.32. The average Bonchev–Trinajstić information content (AvgIpc) is 2.85. The molecule has 6 N–H and O–H groups in total. The van der Waals surface area contributed by atoms with Crippen LogP contribution in [0, 0.1) is 0 Å². The van der Waals surface area contributed by atoms with Gasteiger partial charge in [0, 0.05) is 30.9 Å². The highest BCUT2D eigenvalue weighted by Crippen LogP contribution is 2.26. The van der Waals surface area contributed by atoms with Crippen molar-refractivity contribution in [2.75, 3.05) is 25.4 Å². The van der Waals surface area contributed by atoms with Crippen LogP contribution in [-0.2, 0) is 24.1 Å². The molecule has 0 spiro atoms. The molecule has 0 aliphatic carbocycles. The van der Waals surface area contributed by atoms with E-state index >= 15 is 0 Å². The molecule has 0 unspecified atom stereocenters. The highest BCUT2D eigenvalue weighted by molar-refractivity contribution is 5.78. The van der Waals surface area contributed by atoms with Crippen molar-refractivity contribution >= 4 is 11.7 Å². The third-order valence-electron chi connectivity index (χ3n) is 5.81. The number of aromatic nitrogens is 1. The van der Waals surface area contributed by atoms with Crippen molar-refractivity contribution in [3.05, 3.63) is 83.0 Å². The first kappa shape index (κ1) is 27.0. The molecular formula is C28H36N4O4. The number of phenols is 1. The zero-order valence-corrected chi connectivity index (χ0v) is 20.9. The van der Waals surface area contributed by atoms with Crippen LogP contribution >= 0.6 is 0 Å². The number of nitrogens with two attached hydrogens (primary N) is 1. The van der Waals surface area contributed by atoms with Crippen molar-refractivity contribution in [1.29, 1.82) is 0 Å². The van der Waals surface area contributed by atoms with E-state index in [9.17, 15) is 15.0 Å². The molecule has 3 rings (SSSR count). The number of aromatic hydroxyl groups is 1. The minimum absolute atomic E-state index is 0.0395. The summed E-state index contributed by atoms with van der Waals surface area (Å²) in [4.78, 5) is 16.5. The predicted molar refractivity (Wildman–Crippen MR) is 141 cm³/mol. The van der Waals surface area contributed by atoms with Crippen LogP contribution in [-0.4, -0.2) is 46.8 Å². The first-order valence-corrected chi connectivity index (χ1v) is 12.3. The number of amides is 1. The number of nitrogens with zero attached hydrogens (tertiary/aromatic N) is 1. The number of aliphatic hydroxyl groups is 1. The number of phenolic OH excluding ortho intramolecular Hbond substituents is 1. The standard InChI is InChI=1S/C28H36N4O4/c1-3-36-26-15-20(7-9-24(26)33)11-12-30-28(35)16-22-6-4-5-21(14-22)13-19(2)31-18-25(34)23-8-10-27(29)32-17-23/h4-10,14-15,17,19,25,31,33-34H,3,11-13,16,18H2,1-2H3,(H2,29,32)(H,30,35)/t19-,25-/m1/s1. The summed E-state index contributed by atoms with van der Waals surface area (Å²) in [7, 11) is 0. The van der Waals surface area contributed by atoms with Gasteiger partial charge in [0.05, 0.1) is 19.1 Å². The van der Waals surface area contributed by atoms with Gasteiger partial charge in [-0.3, -0.25) is 4.79 Å². The van der Waals surface area contributed by atoms with Crippen molar-refractivity contribution < 1.29 is 19.7 Å². The van der Waals surface area contributed by atoms with Gasteiger partial charge in [0.2, 0.25) is 5.91 Å². The zero-order valence-electron chi connectivity index (χ0n) is 20.9. The highest BCUT2D eigenvalue weighted by Gasteiger charge is 2.11. The first-order valence-electron chi connectivity index (χ1n) is 12.3. The third-order valence-corrected chi connectivity index (χ3v) is 5.81. The van der Waals surface area contributed by atoms with Crippen molar-refractivity contribution in [2.24, 2.45) is 0 Å². The van der Waals surface area contributed by atoms with E-state index in [1.165, 1.54) is 0 Å². The number of aliphatic hydroxyl groups excluding tert-OH is 1. The topological polar surface area (TPSA) is 130 Å². The lowest BCUT2D eigenvalue weighted by atomic mass is 10.0. The van der Waals surface area contributed by atoms with E-state index in [1.807, 2.05) is 37.3 Å². The second kappa shape index (κ2) is 13.5. The zero-order chi connectivity index (χ0) is 25.9. The Bertz CT molecular complexity index is 1120. The van der Waals surface area contributed by atoms with E-state index in [0.29, 0.717) is 44.1 Å². The normalized spacial score (nSPS) is 12.6. The Morgan fingerprint density at radius 3 is 2.67 bits per heavy atom. The lowest BCUT2D eigenvalue weighted by Gasteiger charge is -2.18. The smallest absolute Gasteiger partial charge is 0.224 e. The highest BCUT2D eigenvalue weighted by atomic mass is 16.5. The molecule has 2 aromatic carbocycles. The third kappa shape index (κ3) is 8.55. The molecule has 36 heavy (non-hydrogen) atoms. The van der Waals surface area contributed by atoms with E-state index in [1.54, 1.807) is 30.5 Å². The van der Waals surface area contributed by atoms with Gasteiger partial charge < -0.3 is 31.3 Å². The molecular weight excluding hydrogens is 456 g/mol. The van der Waals surface area contributed by atoms with Crippen LogP contribution in [0.5, 0.6) is 11.5 Å². The Balaban J connectivity index is 1.43. The summed E-state index contributed by atoms with van der Waals surface area (Å²) < 4.78 is 5.41. The van der Waals surface area contributed by atoms with Gasteiger partial charge in [-0.05, 0) is 61.6 Å². The summed E-state index contributed by atoms with van der Waals surface area (Å²) in [5.41, 5.74) is 9.38. The molecule has 0 aliphatic rings. The summed E-state index contributed by atoms with van der Waals surface area (Å²) in [5, 5.41) is 26.5. The Kier molecular flexibility index (Phi) is 10.1. The van der Waals surface area contributed by atoms with Gasteiger partial charge in [-0.1, -0.05) is 36.4 Å². The number of nitrogens with one attached hydrogen (secondary N) is 2. The Morgan fingerprint density at radius 1 is 1.11 bits per heavy atom. The maximum atomic E-state index is 12.5. The molecule has 0 bridgehead atoms. The fourth-order valence-corrected chi connectivity index (χ4v) is 3.92. The van der Waals surface area contributed by atoms with Gasteiger partial charge in [0.25, 0.3) is 0 Å². The van der Waals surface area contributed by atoms with Crippen molar-refractivity contribution in [3.8, 4) is 11.5 Å². The summed E-state index contributed by atoms with van der Waals surface area (Å²) in [6.07, 6.45) is 2.64. The number of hydrogen-bond acceptors (Lipinski definition) is 7. The van der Waals surface area contributed by atoms with Crippen LogP contribution in [0.25, 0.3) is 0 Å². The SMILES string of the molecule is CCOc1cc(CCNC(=O)Cc2cccc(C[C@@H](C)NC[C@@H](O)c3ccc(N)nc3)c2)ccc1O. The van der Waals surface area contributed by atoms with Gasteiger partial charge in [0.1, 0.15) is 5.82 Å². The number of pyridine rings is 1. The molecule has 0 radical (unpaired) electrons. The molecule has 3 aromatic rings. The van der Waals surface area contributed by atoms with Crippen LogP contribution in [0.4, 0.5) is 5.82 Å². The van der Waals surface area contributed by atoms with Crippen molar-refractivity contribution in [1.82, 2.24) is 15.6 Å². The molecule has 192 valence electrons. The van der Waals surface area contributed by atoms with E-state index in [4.69, 9.17) is 10.5 Å². The molecule has 0 fully saturated rings. The number of hydrogen-bond donors (Lipinski definition) is 5. The van der Waals surface area contributed by atoms with Crippen LogP contribution in [0.15, 0.2) is 60.8 Å². The minimum atomic E-state index is -0.664. The van der Waals surface area contributed by atoms with Gasteiger partial charge in [-0.2, -0.15) is 0 Å². The molecule has 1 aromatic heterocycles. The Labute approximate surface area is 212 Å². The van der Waals surface area contributed by atoms with Crippen LogP contribution in [0.1, 0.15) is 42.2 Å². The summed E-state index contributed by atoms with van der Waals surface area (Å²) in [5.74, 6) is 0.958. The summed E-state index contributed by atoms with van der Waals surface area (Å²) >= 11 is 0.